The van der Waals surface area contributed by atoms with Crippen molar-refractivity contribution in [3.8, 4) is 11.5 Å². The molecule has 2 N–H and O–H groups in total. The van der Waals surface area contributed by atoms with Gasteiger partial charge in [0.05, 0.1) is 11.8 Å². The van der Waals surface area contributed by atoms with Crippen LogP contribution in [0.25, 0.3) is 11.5 Å². The van der Waals surface area contributed by atoms with Crippen LogP contribution in [-0.2, 0) is 0 Å². The highest BCUT2D eigenvalue weighted by molar-refractivity contribution is 6.04. The lowest BCUT2D eigenvalue weighted by atomic mass is 10.1. The van der Waals surface area contributed by atoms with Gasteiger partial charge in [0.15, 0.2) is 0 Å². The Bertz CT molecular complexity index is 899. The van der Waals surface area contributed by atoms with Crippen LogP contribution < -0.4 is 10.6 Å². The van der Waals surface area contributed by atoms with Crippen LogP contribution in [0, 0.1) is 0 Å². The number of carbonyl (C=O) groups is 1. The molecule has 152 valence electrons. The van der Waals surface area contributed by atoms with Gasteiger partial charge in [0.1, 0.15) is 6.26 Å². The molecule has 2 aromatic heterocycles. The standard InChI is InChI=1S/C21H25N5O3/c27-19(17-9-14-28-15-17)23-18-7-5-16(6-8-18)20-24-25-21(29-20)22-10-4-13-26-11-2-1-3-12-26/h5-9,14-15H,1-4,10-13H2,(H,22,25)(H,23,27). The predicted octanol–water partition coefficient (Wildman–Crippen LogP) is 3.87. The summed E-state index contributed by atoms with van der Waals surface area (Å²) in [4.78, 5) is 14.5. The van der Waals surface area contributed by atoms with E-state index in [-0.39, 0.29) is 5.91 Å². The van der Waals surface area contributed by atoms with Gasteiger partial charge in [0.2, 0.25) is 5.89 Å². The number of piperidine rings is 1. The van der Waals surface area contributed by atoms with Crippen molar-refractivity contribution < 1.29 is 13.6 Å². The molecule has 0 bridgehead atoms. The highest BCUT2D eigenvalue weighted by atomic mass is 16.4. The number of furan rings is 1. The van der Waals surface area contributed by atoms with E-state index in [4.69, 9.17) is 8.83 Å². The fraction of sp³-hybridized carbons (Fsp3) is 0.381. The molecule has 1 aliphatic rings. The first-order chi connectivity index (χ1) is 14.3. The predicted molar refractivity (Wildman–Crippen MR) is 110 cm³/mol. The van der Waals surface area contributed by atoms with E-state index in [9.17, 15) is 4.79 Å². The molecule has 0 radical (unpaired) electrons. The lowest BCUT2D eigenvalue weighted by Gasteiger charge is -2.26. The molecule has 1 amide bonds. The number of amides is 1. The van der Waals surface area contributed by atoms with Gasteiger partial charge in [-0.15, -0.1) is 5.10 Å². The summed E-state index contributed by atoms with van der Waals surface area (Å²) in [5, 5.41) is 14.2. The molecule has 0 saturated carbocycles. The van der Waals surface area contributed by atoms with Gasteiger partial charge in [-0.3, -0.25) is 4.79 Å². The Balaban J connectivity index is 1.25. The van der Waals surface area contributed by atoms with Gasteiger partial charge in [-0.1, -0.05) is 11.5 Å². The molecule has 1 aliphatic heterocycles. The number of nitrogens with zero attached hydrogens (tertiary/aromatic N) is 3. The summed E-state index contributed by atoms with van der Waals surface area (Å²) in [5.41, 5.74) is 1.94. The van der Waals surface area contributed by atoms with Crippen LogP contribution in [0.1, 0.15) is 36.0 Å². The number of aromatic nitrogens is 2. The zero-order chi connectivity index (χ0) is 19.9. The smallest absolute Gasteiger partial charge is 0.315 e. The monoisotopic (exact) mass is 395 g/mol. The Hall–Kier alpha value is -3.13. The summed E-state index contributed by atoms with van der Waals surface area (Å²) < 4.78 is 10.6. The minimum absolute atomic E-state index is 0.222. The third-order valence-electron chi connectivity index (χ3n) is 4.97. The van der Waals surface area contributed by atoms with Crippen LogP contribution in [0.15, 0.2) is 51.7 Å². The summed E-state index contributed by atoms with van der Waals surface area (Å²) in [6.07, 6.45) is 7.90. The molecule has 0 aliphatic carbocycles. The fourth-order valence-electron chi connectivity index (χ4n) is 3.39. The summed E-state index contributed by atoms with van der Waals surface area (Å²) in [7, 11) is 0. The van der Waals surface area contributed by atoms with E-state index >= 15 is 0 Å². The Morgan fingerprint density at radius 3 is 2.66 bits per heavy atom. The van der Waals surface area contributed by atoms with Crippen molar-refractivity contribution in [1.29, 1.82) is 0 Å². The number of likely N-dealkylation sites (tertiary alicyclic amines) is 1. The summed E-state index contributed by atoms with van der Waals surface area (Å²) in [6.45, 7) is 4.32. The molecule has 3 heterocycles. The van der Waals surface area contributed by atoms with Gasteiger partial charge in [0.25, 0.3) is 5.91 Å². The lowest BCUT2D eigenvalue weighted by molar-refractivity contribution is 0.102. The van der Waals surface area contributed by atoms with Gasteiger partial charge in [-0.25, -0.2) is 0 Å². The van der Waals surface area contributed by atoms with Crippen molar-refractivity contribution in [1.82, 2.24) is 15.1 Å². The number of hydrogen-bond acceptors (Lipinski definition) is 7. The topological polar surface area (TPSA) is 96.4 Å². The molecule has 0 spiro atoms. The fourth-order valence-corrected chi connectivity index (χ4v) is 3.39. The molecule has 29 heavy (non-hydrogen) atoms. The Kier molecular flexibility index (Phi) is 6.21. The maximum Gasteiger partial charge on any atom is 0.315 e. The van der Waals surface area contributed by atoms with E-state index < -0.39 is 0 Å². The molecule has 0 unspecified atom stereocenters. The van der Waals surface area contributed by atoms with Gasteiger partial charge in [0, 0.05) is 17.8 Å². The van der Waals surface area contributed by atoms with Crippen molar-refractivity contribution in [2.45, 2.75) is 25.7 Å². The summed E-state index contributed by atoms with van der Waals surface area (Å²) in [5.74, 6) is 0.219. The van der Waals surface area contributed by atoms with Crippen LogP contribution in [0.4, 0.5) is 11.7 Å². The van der Waals surface area contributed by atoms with Crippen LogP contribution in [-0.4, -0.2) is 47.2 Å². The number of hydrogen-bond donors (Lipinski definition) is 2. The average Bonchev–Trinajstić information content (AvgIpc) is 3.45. The van der Waals surface area contributed by atoms with E-state index in [1.807, 2.05) is 12.1 Å². The van der Waals surface area contributed by atoms with Gasteiger partial charge in [-0.2, -0.15) is 0 Å². The van der Waals surface area contributed by atoms with Crippen molar-refractivity contribution in [3.05, 3.63) is 48.4 Å². The Morgan fingerprint density at radius 2 is 1.90 bits per heavy atom. The average molecular weight is 395 g/mol. The highest BCUT2D eigenvalue weighted by Crippen LogP contribution is 2.22. The number of carbonyl (C=O) groups excluding carboxylic acids is 1. The normalized spacial score (nSPS) is 14.6. The minimum Gasteiger partial charge on any atom is -0.472 e. The lowest BCUT2D eigenvalue weighted by Crippen LogP contribution is -2.31. The zero-order valence-electron chi connectivity index (χ0n) is 16.3. The first kappa shape index (κ1) is 19.2. The van der Waals surface area contributed by atoms with E-state index in [0.717, 1.165) is 25.1 Å². The van der Waals surface area contributed by atoms with Crippen LogP contribution in [0.5, 0.6) is 0 Å². The molecule has 4 rings (SSSR count). The zero-order valence-corrected chi connectivity index (χ0v) is 16.3. The second-order valence-corrected chi connectivity index (χ2v) is 7.14. The van der Waals surface area contributed by atoms with Crippen LogP contribution in [0.3, 0.4) is 0 Å². The van der Waals surface area contributed by atoms with Crippen molar-refractivity contribution in [2.24, 2.45) is 0 Å². The molecule has 1 aromatic carbocycles. The van der Waals surface area contributed by atoms with Crippen molar-refractivity contribution in [2.75, 3.05) is 36.8 Å². The highest BCUT2D eigenvalue weighted by Gasteiger charge is 2.11. The molecule has 1 fully saturated rings. The van der Waals surface area contributed by atoms with Crippen LogP contribution in [0.2, 0.25) is 0 Å². The summed E-state index contributed by atoms with van der Waals surface area (Å²) in [6, 6.07) is 9.29. The second-order valence-electron chi connectivity index (χ2n) is 7.14. The van der Waals surface area contributed by atoms with Crippen molar-refractivity contribution in [3.63, 3.8) is 0 Å². The molecule has 8 nitrogen and oxygen atoms in total. The third kappa shape index (κ3) is 5.23. The van der Waals surface area contributed by atoms with Gasteiger partial charge in [-0.05, 0) is 69.2 Å². The van der Waals surface area contributed by atoms with Gasteiger partial charge < -0.3 is 24.4 Å². The maximum atomic E-state index is 12.0. The van der Waals surface area contributed by atoms with E-state index in [0.29, 0.717) is 23.2 Å². The van der Waals surface area contributed by atoms with E-state index in [1.54, 1.807) is 18.2 Å². The minimum atomic E-state index is -0.222. The molecular weight excluding hydrogens is 370 g/mol. The molecule has 8 heteroatoms. The number of anilines is 2. The number of rotatable bonds is 8. The first-order valence-electron chi connectivity index (χ1n) is 10.0. The quantitative estimate of drug-likeness (QED) is 0.559. The number of benzene rings is 1. The van der Waals surface area contributed by atoms with Crippen molar-refractivity contribution >= 4 is 17.6 Å². The third-order valence-corrected chi connectivity index (χ3v) is 4.97. The number of nitrogens with one attached hydrogen (secondary N) is 2. The molecule has 1 saturated heterocycles. The Labute approximate surface area is 169 Å². The van der Waals surface area contributed by atoms with Gasteiger partial charge >= 0.3 is 6.01 Å². The largest absolute Gasteiger partial charge is 0.472 e. The SMILES string of the molecule is O=C(Nc1ccc(-c2nnc(NCCCN3CCCCC3)o2)cc1)c1ccoc1. The van der Waals surface area contributed by atoms with Crippen LogP contribution >= 0.6 is 0 Å². The maximum absolute atomic E-state index is 12.0. The Morgan fingerprint density at radius 1 is 1.07 bits per heavy atom. The first-order valence-corrected chi connectivity index (χ1v) is 10.0. The second kappa shape index (κ2) is 9.38. The summed E-state index contributed by atoms with van der Waals surface area (Å²) >= 11 is 0. The van der Waals surface area contributed by atoms with E-state index in [2.05, 4.69) is 25.7 Å². The molecular formula is C21H25N5O3. The molecule has 0 atom stereocenters. The molecule has 3 aromatic rings. The van der Waals surface area contributed by atoms with E-state index in [1.165, 1.54) is 44.9 Å².